The standard InChI is InChI=1S/C15H19N3O2/c1-17-6-4-13(5-7-17)18-9-11(10-19)14-3-2-12(16-20)8-15(14)18/h2-3,8-10,13,16,20H,4-7H2,1H3. The van der Waals surface area contributed by atoms with Gasteiger partial charge in [0.25, 0.3) is 0 Å². The number of piperidine rings is 1. The van der Waals surface area contributed by atoms with Crippen LogP contribution in [-0.2, 0) is 0 Å². The van der Waals surface area contributed by atoms with Crippen molar-refractivity contribution < 1.29 is 10.0 Å². The molecule has 0 saturated carbocycles. The summed E-state index contributed by atoms with van der Waals surface area (Å²) in [6, 6.07) is 5.95. The van der Waals surface area contributed by atoms with E-state index in [1.54, 1.807) is 6.07 Å². The predicted octanol–water partition coefficient (Wildman–Crippen LogP) is 2.52. The van der Waals surface area contributed by atoms with Crippen LogP contribution < -0.4 is 5.48 Å². The first-order valence-electron chi connectivity index (χ1n) is 6.91. The third-order valence-electron chi connectivity index (χ3n) is 4.20. The van der Waals surface area contributed by atoms with Crippen molar-refractivity contribution >= 4 is 22.9 Å². The highest BCUT2D eigenvalue weighted by Gasteiger charge is 2.21. The Morgan fingerprint density at radius 2 is 2.10 bits per heavy atom. The molecule has 1 aromatic carbocycles. The fourth-order valence-electron chi connectivity index (χ4n) is 3.02. The van der Waals surface area contributed by atoms with Crippen LogP contribution in [0.15, 0.2) is 24.4 Å². The number of anilines is 1. The number of aldehydes is 1. The van der Waals surface area contributed by atoms with Crippen LogP contribution in [0.4, 0.5) is 5.69 Å². The minimum absolute atomic E-state index is 0.413. The van der Waals surface area contributed by atoms with E-state index in [1.807, 2.05) is 18.3 Å². The van der Waals surface area contributed by atoms with Gasteiger partial charge in [0.15, 0.2) is 6.29 Å². The second-order valence-electron chi connectivity index (χ2n) is 5.49. The van der Waals surface area contributed by atoms with Gasteiger partial charge in [-0.05, 0) is 51.2 Å². The third-order valence-corrected chi connectivity index (χ3v) is 4.20. The maximum absolute atomic E-state index is 11.2. The third kappa shape index (κ3) is 2.19. The molecular weight excluding hydrogens is 254 g/mol. The molecule has 1 fully saturated rings. The SMILES string of the molecule is CN1CCC(n2cc(C=O)c3ccc(NO)cc32)CC1. The Balaban J connectivity index is 2.07. The molecule has 0 atom stereocenters. The second-order valence-corrected chi connectivity index (χ2v) is 5.49. The number of fused-ring (bicyclic) bond motifs is 1. The Hall–Kier alpha value is -1.85. The Kier molecular flexibility index (Phi) is 3.46. The van der Waals surface area contributed by atoms with Crippen LogP contribution in [0.1, 0.15) is 29.2 Å². The topological polar surface area (TPSA) is 57.5 Å². The Morgan fingerprint density at radius 1 is 1.35 bits per heavy atom. The highest BCUT2D eigenvalue weighted by Crippen LogP contribution is 2.31. The normalized spacial score (nSPS) is 17.5. The van der Waals surface area contributed by atoms with Gasteiger partial charge in [0.05, 0.1) is 11.2 Å². The zero-order valence-electron chi connectivity index (χ0n) is 11.5. The molecule has 0 unspecified atom stereocenters. The molecular formula is C15H19N3O2. The Bertz CT molecular complexity index is 627. The number of nitrogens with zero attached hydrogens (tertiary/aromatic N) is 2. The van der Waals surface area contributed by atoms with Crippen molar-refractivity contribution in [2.45, 2.75) is 18.9 Å². The molecule has 5 heteroatoms. The monoisotopic (exact) mass is 273 g/mol. The van der Waals surface area contributed by atoms with Gasteiger partial charge in [-0.3, -0.25) is 15.5 Å². The van der Waals surface area contributed by atoms with E-state index in [0.29, 0.717) is 17.3 Å². The fraction of sp³-hybridized carbons (Fsp3) is 0.400. The first-order valence-corrected chi connectivity index (χ1v) is 6.91. The number of carbonyl (C=O) groups is 1. The van der Waals surface area contributed by atoms with E-state index in [2.05, 4.69) is 22.0 Å². The van der Waals surface area contributed by atoms with Gasteiger partial charge in [0.1, 0.15) is 0 Å². The quantitative estimate of drug-likeness (QED) is 0.666. The lowest BCUT2D eigenvalue weighted by molar-refractivity contribution is 0.112. The van der Waals surface area contributed by atoms with Crippen LogP contribution in [0, 0.1) is 0 Å². The van der Waals surface area contributed by atoms with Crippen LogP contribution in [0.3, 0.4) is 0 Å². The average molecular weight is 273 g/mol. The van der Waals surface area contributed by atoms with Crippen LogP contribution >= 0.6 is 0 Å². The molecule has 1 aliphatic heterocycles. The fourth-order valence-corrected chi connectivity index (χ4v) is 3.02. The summed E-state index contributed by atoms with van der Waals surface area (Å²) in [6.07, 6.45) is 5.00. The highest BCUT2D eigenvalue weighted by atomic mass is 16.5. The summed E-state index contributed by atoms with van der Waals surface area (Å²) in [5, 5.41) is 10.0. The molecule has 1 aromatic heterocycles. The number of carbonyl (C=O) groups excluding carboxylic acids is 1. The number of aromatic nitrogens is 1. The van der Waals surface area contributed by atoms with Gasteiger partial charge in [-0.1, -0.05) is 0 Å². The minimum Gasteiger partial charge on any atom is -0.344 e. The molecule has 2 N–H and O–H groups in total. The molecule has 3 rings (SSSR count). The van der Waals surface area contributed by atoms with Crippen LogP contribution in [0.25, 0.3) is 10.9 Å². The van der Waals surface area contributed by atoms with Crippen molar-refractivity contribution in [1.29, 1.82) is 0 Å². The van der Waals surface area contributed by atoms with Crippen molar-refractivity contribution in [3.63, 3.8) is 0 Å². The van der Waals surface area contributed by atoms with Gasteiger partial charge in [0, 0.05) is 23.2 Å². The molecule has 0 spiro atoms. The van der Waals surface area contributed by atoms with E-state index in [-0.39, 0.29) is 0 Å². The zero-order chi connectivity index (χ0) is 14.1. The Morgan fingerprint density at radius 3 is 2.75 bits per heavy atom. The summed E-state index contributed by atoms with van der Waals surface area (Å²) in [4.78, 5) is 13.6. The lowest BCUT2D eigenvalue weighted by atomic mass is 10.1. The van der Waals surface area contributed by atoms with E-state index in [4.69, 9.17) is 5.21 Å². The molecule has 0 amide bonds. The lowest BCUT2D eigenvalue weighted by Gasteiger charge is -2.30. The number of hydrogen-bond donors (Lipinski definition) is 2. The molecule has 0 aliphatic carbocycles. The molecule has 1 saturated heterocycles. The summed E-state index contributed by atoms with van der Waals surface area (Å²) in [5.41, 5.74) is 4.53. The van der Waals surface area contributed by atoms with Crippen molar-refractivity contribution in [2.24, 2.45) is 0 Å². The average Bonchev–Trinajstić information content (AvgIpc) is 2.86. The second kappa shape index (κ2) is 5.26. The molecule has 20 heavy (non-hydrogen) atoms. The summed E-state index contributed by atoms with van der Waals surface area (Å²) >= 11 is 0. The smallest absolute Gasteiger partial charge is 0.152 e. The van der Waals surface area contributed by atoms with Crippen molar-refractivity contribution in [1.82, 2.24) is 9.47 Å². The van der Waals surface area contributed by atoms with Crippen LogP contribution in [-0.4, -0.2) is 41.1 Å². The number of likely N-dealkylation sites (tertiary alicyclic amines) is 1. The molecule has 106 valence electrons. The maximum Gasteiger partial charge on any atom is 0.152 e. The number of rotatable bonds is 3. The van der Waals surface area contributed by atoms with E-state index in [1.165, 1.54) is 0 Å². The van der Waals surface area contributed by atoms with Gasteiger partial charge < -0.3 is 9.47 Å². The van der Waals surface area contributed by atoms with Gasteiger partial charge in [-0.15, -0.1) is 0 Å². The number of nitrogens with one attached hydrogen (secondary N) is 1. The number of benzene rings is 1. The largest absolute Gasteiger partial charge is 0.344 e. The Labute approximate surface area is 117 Å². The van der Waals surface area contributed by atoms with Gasteiger partial charge in [-0.25, -0.2) is 0 Å². The van der Waals surface area contributed by atoms with Crippen LogP contribution in [0.5, 0.6) is 0 Å². The predicted molar refractivity (Wildman–Crippen MR) is 78.5 cm³/mol. The van der Waals surface area contributed by atoms with Gasteiger partial charge in [-0.2, -0.15) is 0 Å². The lowest BCUT2D eigenvalue weighted by Crippen LogP contribution is -2.31. The minimum atomic E-state index is 0.413. The summed E-state index contributed by atoms with van der Waals surface area (Å²) in [5.74, 6) is 0. The summed E-state index contributed by atoms with van der Waals surface area (Å²) in [6.45, 7) is 2.14. The van der Waals surface area contributed by atoms with E-state index in [9.17, 15) is 4.79 Å². The first-order chi connectivity index (χ1) is 9.72. The maximum atomic E-state index is 11.2. The molecule has 2 heterocycles. The van der Waals surface area contributed by atoms with Gasteiger partial charge in [0.2, 0.25) is 0 Å². The summed E-state index contributed by atoms with van der Waals surface area (Å²) in [7, 11) is 2.13. The zero-order valence-corrected chi connectivity index (χ0v) is 11.5. The number of hydrogen-bond acceptors (Lipinski definition) is 4. The van der Waals surface area contributed by atoms with Crippen molar-refractivity contribution in [3.05, 3.63) is 30.0 Å². The molecule has 2 aromatic rings. The summed E-state index contributed by atoms with van der Waals surface area (Å²) < 4.78 is 2.19. The molecule has 0 radical (unpaired) electrons. The van der Waals surface area contributed by atoms with E-state index >= 15 is 0 Å². The van der Waals surface area contributed by atoms with Crippen molar-refractivity contribution in [2.75, 3.05) is 25.6 Å². The molecule has 1 aliphatic rings. The molecule has 0 bridgehead atoms. The highest BCUT2D eigenvalue weighted by molar-refractivity contribution is 5.98. The molecule has 5 nitrogen and oxygen atoms in total. The van der Waals surface area contributed by atoms with Gasteiger partial charge >= 0.3 is 0 Å². The van der Waals surface area contributed by atoms with Crippen molar-refractivity contribution in [3.8, 4) is 0 Å². The first kappa shape index (κ1) is 13.1. The van der Waals surface area contributed by atoms with E-state index in [0.717, 1.165) is 43.1 Å². The van der Waals surface area contributed by atoms with Crippen LogP contribution in [0.2, 0.25) is 0 Å². The van der Waals surface area contributed by atoms with E-state index < -0.39 is 0 Å².